The number of H-pyrrole nitrogens is 1. The van der Waals surface area contributed by atoms with E-state index in [0.29, 0.717) is 33.4 Å². The highest BCUT2D eigenvalue weighted by molar-refractivity contribution is 5.98. The minimum absolute atomic E-state index is 0.00111. The Morgan fingerprint density at radius 1 is 1.27 bits per heavy atom. The Balaban J connectivity index is 1.82. The summed E-state index contributed by atoms with van der Waals surface area (Å²) in [7, 11) is 0. The molecule has 1 amide bonds. The van der Waals surface area contributed by atoms with Gasteiger partial charge in [-0.05, 0) is 76.9 Å². The Bertz CT molecular complexity index is 1140. The Hall–Kier alpha value is -3.22. The summed E-state index contributed by atoms with van der Waals surface area (Å²) < 4.78 is 13.4. The number of aliphatic imine (C=N–C) groups is 1. The molecule has 30 heavy (non-hydrogen) atoms. The lowest BCUT2D eigenvalue weighted by Crippen LogP contribution is -2.31. The molecule has 3 rings (SSSR count). The van der Waals surface area contributed by atoms with E-state index in [0.717, 1.165) is 18.4 Å². The number of pyridine rings is 1. The topological polar surface area (TPSA) is 86.3 Å². The molecule has 0 unspecified atom stereocenters. The van der Waals surface area contributed by atoms with Crippen LogP contribution in [-0.2, 0) is 11.3 Å². The molecule has 7 heteroatoms. The van der Waals surface area contributed by atoms with Gasteiger partial charge in [-0.15, -0.1) is 0 Å². The smallest absolute Gasteiger partial charge is 0.253 e. The van der Waals surface area contributed by atoms with Crippen LogP contribution in [0.3, 0.4) is 0 Å². The van der Waals surface area contributed by atoms with E-state index in [4.69, 9.17) is 0 Å². The molecule has 0 spiro atoms. The van der Waals surface area contributed by atoms with Gasteiger partial charge in [-0.2, -0.15) is 0 Å². The molecule has 2 aromatic rings. The van der Waals surface area contributed by atoms with Crippen LogP contribution in [0.5, 0.6) is 0 Å². The number of hydrogen-bond acceptors (Lipinski definition) is 4. The van der Waals surface area contributed by atoms with Crippen molar-refractivity contribution >= 4 is 23.5 Å². The van der Waals surface area contributed by atoms with Gasteiger partial charge in [0.2, 0.25) is 0 Å². The predicted octanol–water partition coefficient (Wildman–Crippen LogP) is 3.69. The molecule has 1 fully saturated rings. The van der Waals surface area contributed by atoms with E-state index in [1.165, 1.54) is 12.1 Å². The zero-order valence-electron chi connectivity index (χ0n) is 17.8. The van der Waals surface area contributed by atoms with Crippen LogP contribution in [-0.4, -0.2) is 23.1 Å². The van der Waals surface area contributed by atoms with E-state index in [-0.39, 0.29) is 23.6 Å². The summed E-state index contributed by atoms with van der Waals surface area (Å²) >= 11 is 0. The highest BCUT2D eigenvalue weighted by Crippen LogP contribution is 2.36. The number of carbonyl (C=O) groups is 1. The fraction of sp³-hybridized carbons (Fsp3) is 0.348. The third kappa shape index (κ3) is 4.67. The summed E-state index contributed by atoms with van der Waals surface area (Å²) in [6.45, 7) is 11.3. The lowest BCUT2D eigenvalue weighted by Gasteiger charge is -2.18. The van der Waals surface area contributed by atoms with Gasteiger partial charge >= 0.3 is 0 Å². The van der Waals surface area contributed by atoms with Gasteiger partial charge < -0.3 is 15.6 Å². The van der Waals surface area contributed by atoms with Crippen molar-refractivity contribution in [3.63, 3.8) is 0 Å². The molecular weight excluding hydrogens is 383 g/mol. The van der Waals surface area contributed by atoms with Gasteiger partial charge in [-0.3, -0.25) is 9.59 Å². The van der Waals surface area contributed by atoms with Crippen molar-refractivity contribution in [3.8, 4) is 0 Å². The minimum atomic E-state index is -0.421. The van der Waals surface area contributed by atoms with Crippen molar-refractivity contribution in [3.05, 3.63) is 68.5 Å². The molecular formula is C23H27FN4O2. The third-order valence-electron chi connectivity index (χ3n) is 5.36. The molecule has 0 aliphatic heterocycles. The second kappa shape index (κ2) is 8.26. The third-order valence-corrected chi connectivity index (χ3v) is 5.36. The highest BCUT2D eigenvalue weighted by atomic mass is 19.1. The Morgan fingerprint density at radius 2 is 1.97 bits per heavy atom. The van der Waals surface area contributed by atoms with Crippen LogP contribution < -0.4 is 16.2 Å². The van der Waals surface area contributed by atoms with Crippen molar-refractivity contribution in [2.24, 2.45) is 4.99 Å². The number of benzene rings is 1. The molecule has 1 aliphatic carbocycles. The number of allylic oxidation sites excluding steroid dienone is 1. The van der Waals surface area contributed by atoms with Gasteiger partial charge in [0, 0.05) is 28.8 Å². The second-order valence-corrected chi connectivity index (χ2v) is 8.23. The average Bonchev–Trinajstić information content (AvgIpc) is 3.41. The van der Waals surface area contributed by atoms with Gasteiger partial charge in [-0.1, -0.05) is 5.57 Å². The number of fused-ring (bicyclic) bond motifs is 1. The van der Waals surface area contributed by atoms with E-state index in [2.05, 4.69) is 34.3 Å². The van der Waals surface area contributed by atoms with Gasteiger partial charge in [0.05, 0.1) is 5.52 Å². The zero-order valence-corrected chi connectivity index (χ0v) is 17.8. The molecule has 1 saturated carbocycles. The number of nitrogens with one attached hydrogen (secondary N) is 3. The Kier molecular flexibility index (Phi) is 5.92. The number of nitrogens with zero attached hydrogens (tertiary/aromatic N) is 1. The van der Waals surface area contributed by atoms with Crippen LogP contribution >= 0.6 is 0 Å². The fourth-order valence-electron chi connectivity index (χ4n) is 3.35. The molecule has 1 aromatic carbocycles. The molecule has 0 bridgehead atoms. The summed E-state index contributed by atoms with van der Waals surface area (Å²) in [5, 5.41) is 6.88. The standard InChI is InChI=1S/C23H27FN4O2/c1-13(2)19(14(3)20(25-5)28-23(4)8-9-23)22(30)26-12-16-10-15-6-7-17(24)11-18(15)27-21(16)29/h6-7,10-11,28H,5,8-9,12H2,1-4H3,(H,26,30)(H,27,29)/b20-14-. The molecule has 3 N–H and O–H groups in total. The number of amides is 1. The SMILES string of the molecule is C=N/C(NC1(C)CC1)=C(\C)C(C(=O)NCc1cc2ccc(F)cc2[nH]c1=O)=C(C)C. The largest absolute Gasteiger partial charge is 0.365 e. The molecule has 0 atom stereocenters. The van der Waals surface area contributed by atoms with E-state index >= 15 is 0 Å². The van der Waals surface area contributed by atoms with Crippen molar-refractivity contribution < 1.29 is 9.18 Å². The normalized spacial score (nSPS) is 15.2. The average molecular weight is 410 g/mol. The highest BCUT2D eigenvalue weighted by Gasteiger charge is 2.38. The van der Waals surface area contributed by atoms with Crippen molar-refractivity contribution in [1.82, 2.24) is 15.6 Å². The van der Waals surface area contributed by atoms with Crippen LogP contribution in [0.2, 0.25) is 0 Å². The van der Waals surface area contributed by atoms with Crippen LogP contribution in [0.4, 0.5) is 4.39 Å². The van der Waals surface area contributed by atoms with Crippen LogP contribution in [0.15, 0.2) is 56.6 Å². The van der Waals surface area contributed by atoms with Crippen molar-refractivity contribution in [1.29, 1.82) is 0 Å². The number of rotatable bonds is 7. The minimum Gasteiger partial charge on any atom is -0.365 e. The monoisotopic (exact) mass is 410 g/mol. The number of aromatic nitrogens is 1. The number of aromatic amines is 1. The lowest BCUT2D eigenvalue weighted by atomic mass is 10.0. The summed E-state index contributed by atoms with van der Waals surface area (Å²) in [6, 6.07) is 5.85. The predicted molar refractivity (Wildman–Crippen MR) is 118 cm³/mol. The second-order valence-electron chi connectivity index (χ2n) is 8.23. The van der Waals surface area contributed by atoms with Gasteiger partial charge in [0.25, 0.3) is 11.5 Å². The zero-order chi connectivity index (χ0) is 22.1. The Morgan fingerprint density at radius 3 is 2.57 bits per heavy atom. The molecule has 0 saturated heterocycles. The summed E-state index contributed by atoms with van der Waals surface area (Å²) in [5.74, 6) is -0.128. The fourth-order valence-corrected chi connectivity index (χ4v) is 3.35. The van der Waals surface area contributed by atoms with Gasteiger partial charge in [0.1, 0.15) is 11.6 Å². The molecule has 6 nitrogen and oxygen atoms in total. The first-order valence-electron chi connectivity index (χ1n) is 9.87. The van der Waals surface area contributed by atoms with Crippen molar-refractivity contribution in [2.75, 3.05) is 0 Å². The van der Waals surface area contributed by atoms with E-state index < -0.39 is 5.82 Å². The molecule has 1 aliphatic rings. The molecule has 1 heterocycles. The molecule has 1 aromatic heterocycles. The number of carbonyl (C=O) groups excluding carboxylic acids is 1. The molecule has 0 radical (unpaired) electrons. The quantitative estimate of drug-likeness (QED) is 0.370. The number of hydrogen-bond donors (Lipinski definition) is 3. The van der Waals surface area contributed by atoms with Gasteiger partial charge in [0.15, 0.2) is 0 Å². The number of halogens is 1. The summed E-state index contributed by atoms with van der Waals surface area (Å²) in [5.41, 5.74) is 2.49. The van der Waals surface area contributed by atoms with Gasteiger partial charge in [-0.25, -0.2) is 9.38 Å². The summed E-state index contributed by atoms with van der Waals surface area (Å²) in [4.78, 5) is 32.0. The maximum absolute atomic E-state index is 13.4. The first kappa shape index (κ1) is 21.5. The van der Waals surface area contributed by atoms with Crippen LogP contribution in [0.1, 0.15) is 46.1 Å². The first-order valence-corrected chi connectivity index (χ1v) is 9.87. The van der Waals surface area contributed by atoms with E-state index in [1.807, 2.05) is 20.8 Å². The lowest BCUT2D eigenvalue weighted by molar-refractivity contribution is -0.117. The van der Waals surface area contributed by atoms with Crippen LogP contribution in [0.25, 0.3) is 10.9 Å². The maximum Gasteiger partial charge on any atom is 0.253 e. The van der Waals surface area contributed by atoms with Crippen molar-refractivity contribution in [2.45, 2.75) is 52.6 Å². The van der Waals surface area contributed by atoms with Crippen LogP contribution in [0, 0.1) is 5.82 Å². The first-order chi connectivity index (χ1) is 14.1. The summed E-state index contributed by atoms with van der Waals surface area (Å²) in [6.07, 6.45) is 2.09. The Labute approximate surface area is 175 Å². The van der Waals surface area contributed by atoms with E-state index in [1.54, 1.807) is 12.1 Å². The molecule has 158 valence electrons. The van der Waals surface area contributed by atoms with E-state index in [9.17, 15) is 14.0 Å². The maximum atomic E-state index is 13.4.